The number of nitrogens with zero attached hydrogens (tertiary/aromatic N) is 1. The maximum Gasteiger partial charge on any atom is 0.128 e. The van der Waals surface area contributed by atoms with Crippen LogP contribution in [0.1, 0.15) is 63.8 Å². The molecule has 2 aromatic rings. The lowest BCUT2D eigenvalue weighted by Crippen LogP contribution is -2.17. The number of phenols is 1. The zero-order valence-corrected chi connectivity index (χ0v) is 16.2. The lowest BCUT2D eigenvalue weighted by molar-refractivity contribution is 0.444. The summed E-state index contributed by atoms with van der Waals surface area (Å²) in [7, 11) is 0. The Balaban J connectivity index is 2.51. The SMILES string of the molecule is C=Cc1ccc(N=Cc2cc(C(C)(C)C)cc(C(C)(C)C)c2O)cc1. The Labute approximate surface area is 152 Å². The summed E-state index contributed by atoms with van der Waals surface area (Å²) >= 11 is 0. The molecule has 0 saturated heterocycles. The molecule has 2 nitrogen and oxygen atoms in total. The Hall–Kier alpha value is -2.35. The first-order chi connectivity index (χ1) is 11.5. The van der Waals surface area contributed by atoms with E-state index in [1.807, 2.05) is 36.4 Å². The topological polar surface area (TPSA) is 32.6 Å². The van der Waals surface area contributed by atoms with Gasteiger partial charge in [-0.25, -0.2) is 0 Å². The minimum Gasteiger partial charge on any atom is -0.507 e. The van der Waals surface area contributed by atoms with Crippen LogP contribution in [0.2, 0.25) is 0 Å². The van der Waals surface area contributed by atoms with Crippen molar-refractivity contribution < 1.29 is 5.11 Å². The molecule has 0 atom stereocenters. The number of rotatable bonds is 3. The second-order valence-electron chi connectivity index (χ2n) is 8.52. The van der Waals surface area contributed by atoms with Crippen LogP contribution in [0.25, 0.3) is 6.08 Å². The van der Waals surface area contributed by atoms with Gasteiger partial charge in [-0.3, -0.25) is 4.99 Å². The highest BCUT2D eigenvalue weighted by Gasteiger charge is 2.24. The molecule has 0 aliphatic carbocycles. The molecule has 0 saturated carbocycles. The van der Waals surface area contributed by atoms with Gasteiger partial charge < -0.3 is 5.11 Å². The average Bonchev–Trinajstić information content (AvgIpc) is 2.52. The fourth-order valence-corrected chi connectivity index (χ4v) is 2.60. The molecule has 25 heavy (non-hydrogen) atoms. The molecular formula is C23H29NO. The van der Waals surface area contributed by atoms with Gasteiger partial charge >= 0.3 is 0 Å². The van der Waals surface area contributed by atoms with Crippen LogP contribution in [-0.2, 0) is 10.8 Å². The van der Waals surface area contributed by atoms with Crippen molar-refractivity contribution in [3.8, 4) is 5.75 Å². The van der Waals surface area contributed by atoms with E-state index < -0.39 is 0 Å². The summed E-state index contributed by atoms with van der Waals surface area (Å²) < 4.78 is 0. The van der Waals surface area contributed by atoms with Crippen LogP contribution < -0.4 is 0 Å². The van der Waals surface area contributed by atoms with Crippen LogP contribution in [0.5, 0.6) is 5.75 Å². The number of aliphatic imine (C=N–C) groups is 1. The summed E-state index contributed by atoms with van der Waals surface area (Å²) in [6.45, 7) is 16.6. The molecule has 2 rings (SSSR count). The van der Waals surface area contributed by atoms with Gasteiger partial charge in [0.15, 0.2) is 0 Å². The second kappa shape index (κ2) is 6.87. The van der Waals surface area contributed by atoms with Crippen LogP contribution >= 0.6 is 0 Å². The normalized spacial score (nSPS) is 12.6. The third-order valence-electron chi connectivity index (χ3n) is 4.29. The molecule has 1 N–H and O–H groups in total. The highest BCUT2D eigenvalue weighted by atomic mass is 16.3. The van der Waals surface area contributed by atoms with Crippen molar-refractivity contribution in [1.82, 2.24) is 0 Å². The molecule has 0 radical (unpaired) electrons. The summed E-state index contributed by atoms with van der Waals surface area (Å²) in [5.41, 5.74) is 4.67. The van der Waals surface area contributed by atoms with Crippen LogP contribution in [0.3, 0.4) is 0 Å². The number of benzene rings is 2. The smallest absolute Gasteiger partial charge is 0.128 e. The number of hydrogen-bond acceptors (Lipinski definition) is 2. The summed E-state index contributed by atoms with van der Waals surface area (Å²) in [4.78, 5) is 4.54. The number of phenolic OH excluding ortho intramolecular Hbond substituents is 1. The van der Waals surface area contributed by atoms with Gasteiger partial charge in [0.25, 0.3) is 0 Å². The lowest BCUT2D eigenvalue weighted by atomic mass is 9.79. The van der Waals surface area contributed by atoms with Gasteiger partial charge in [0.1, 0.15) is 5.75 Å². The summed E-state index contributed by atoms with van der Waals surface area (Å²) in [5.74, 6) is 0.312. The van der Waals surface area contributed by atoms with E-state index in [-0.39, 0.29) is 10.8 Å². The molecule has 2 heteroatoms. The molecular weight excluding hydrogens is 306 g/mol. The highest BCUT2D eigenvalue weighted by molar-refractivity contribution is 5.86. The second-order valence-corrected chi connectivity index (χ2v) is 8.52. The predicted molar refractivity (Wildman–Crippen MR) is 109 cm³/mol. The summed E-state index contributed by atoms with van der Waals surface area (Å²) in [6, 6.07) is 12.0. The fourth-order valence-electron chi connectivity index (χ4n) is 2.60. The van der Waals surface area contributed by atoms with Gasteiger partial charge in [-0.2, -0.15) is 0 Å². The van der Waals surface area contributed by atoms with E-state index in [4.69, 9.17) is 0 Å². The van der Waals surface area contributed by atoms with E-state index in [1.165, 1.54) is 5.56 Å². The molecule has 2 aromatic carbocycles. The first kappa shape index (κ1) is 19.0. The van der Waals surface area contributed by atoms with Crippen LogP contribution in [0.4, 0.5) is 5.69 Å². The Morgan fingerprint density at radius 3 is 2.00 bits per heavy atom. The van der Waals surface area contributed by atoms with Crippen molar-refractivity contribution in [3.05, 3.63) is 65.2 Å². The van der Waals surface area contributed by atoms with Crippen molar-refractivity contribution in [3.63, 3.8) is 0 Å². The molecule has 0 bridgehead atoms. The Kier molecular flexibility index (Phi) is 5.22. The molecule has 0 amide bonds. The van der Waals surface area contributed by atoms with E-state index in [0.29, 0.717) is 5.75 Å². The third kappa shape index (κ3) is 4.60. The fraction of sp³-hybridized carbons (Fsp3) is 0.348. The molecule has 0 unspecified atom stereocenters. The first-order valence-corrected chi connectivity index (χ1v) is 8.67. The molecule has 0 fully saturated rings. The van der Waals surface area contributed by atoms with Crippen LogP contribution in [0.15, 0.2) is 48.0 Å². The highest BCUT2D eigenvalue weighted by Crippen LogP contribution is 2.37. The molecule has 0 aliphatic rings. The largest absolute Gasteiger partial charge is 0.507 e. The van der Waals surface area contributed by atoms with E-state index >= 15 is 0 Å². The monoisotopic (exact) mass is 335 g/mol. The predicted octanol–water partition coefficient (Wildman–Crippen LogP) is 6.38. The summed E-state index contributed by atoms with van der Waals surface area (Å²) in [5, 5.41) is 10.8. The quantitative estimate of drug-likeness (QED) is 0.648. The standard InChI is InChI=1S/C23H29NO/c1-8-16-9-11-19(12-10-16)24-15-17-13-18(22(2,3)4)14-20(21(17)25)23(5,6)7/h8-15,25H,1H2,2-7H3. The average molecular weight is 335 g/mol. The third-order valence-corrected chi connectivity index (χ3v) is 4.29. The number of aromatic hydroxyl groups is 1. The van der Waals surface area contributed by atoms with E-state index in [0.717, 1.165) is 22.4 Å². The minimum absolute atomic E-state index is 0.00188. The zero-order valence-electron chi connectivity index (χ0n) is 16.2. The molecule has 0 heterocycles. The molecule has 0 aliphatic heterocycles. The molecule has 132 valence electrons. The van der Waals surface area contributed by atoms with E-state index in [2.05, 4.69) is 59.2 Å². The van der Waals surface area contributed by atoms with Crippen molar-refractivity contribution in [1.29, 1.82) is 0 Å². The van der Waals surface area contributed by atoms with Crippen molar-refractivity contribution in [2.75, 3.05) is 0 Å². The number of hydrogen-bond donors (Lipinski definition) is 1. The van der Waals surface area contributed by atoms with Gasteiger partial charge in [0.05, 0.1) is 5.69 Å². The van der Waals surface area contributed by atoms with Crippen molar-refractivity contribution in [2.45, 2.75) is 52.4 Å². The van der Waals surface area contributed by atoms with Crippen LogP contribution in [0, 0.1) is 0 Å². The van der Waals surface area contributed by atoms with Crippen molar-refractivity contribution >= 4 is 18.0 Å². The Bertz CT molecular complexity index is 785. The maximum absolute atomic E-state index is 10.8. The maximum atomic E-state index is 10.8. The zero-order chi connectivity index (χ0) is 18.8. The Morgan fingerprint density at radius 1 is 0.920 bits per heavy atom. The summed E-state index contributed by atoms with van der Waals surface area (Å²) in [6.07, 6.45) is 3.56. The lowest BCUT2D eigenvalue weighted by Gasteiger charge is -2.26. The van der Waals surface area contributed by atoms with E-state index in [1.54, 1.807) is 6.21 Å². The molecule has 0 spiro atoms. The van der Waals surface area contributed by atoms with Gasteiger partial charge in [0.2, 0.25) is 0 Å². The van der Waals surface area contributed by atoms with Gasteiger partial charge in [-0.15, -0.1) is 0 Å². The van der Waals surface area contributed by atoms with Crippen LogP contribution in [-0.4, -0.2) is 11.3 Å². The Morgan fingerprint density at radius 2 is 1.52 bits per heavy atom. The van der Waals surface area contributed by atoms with Gasteiger partial charge in [-0.1, -0.05) is 72.4 Å². The van der Waals surface area contributed by atoms with Gasteiger partial charge in [0, 0.05) is 17.3 Å². The van der Waals surface area contributed by atoms with E-state index in [9.17, 15) is 5.11 Å². The minimum atomic E-state index is -0.139. The molecule has 0 aromatic heterocycles. The van der Waals surface area contributed by atoms with Gasteiger partial charge in [-0.05, 0) is 40.2 Å². The van der Waals surface area contributed by atoms with Crippen molar-refractivity contribution in [2.24, 2.45) is 4.99 Å². The first-order valence-electron chi connectivity index (χ1n) is 8.67.